The van der Waals surface area contributed by atoms with Crippen LogP contribution in [0.15, 0.2) is 10.8 Å². The fraction of sp³-hybridized carbons (Fsp3) is 0.571. The third-order valence-electron chi connectivity index (χ3n) is 4.51. The van der Waals surface area contributed by atoms with Crippen LogP contribution in [0.25, 0.3) is 0 Å². The van der Waals surface area contributed by atoms with Crippen molar-refractivity contribution in [2.24, 2.45) is 11.3 Å². The third kappa shape index (κ3) is 1.94. The van der Waals surface area contributed by atoms with Crippen LogP contribution < -0.4 is 0 Å². The van der Waals surface area contributed by atoms with Crippen LogP contribution >= 0.6 is 11.3 Å². The summed E-state index contributed by atoms with van der Waals surface area (Å²) in [4.78, 5) is 25.9. The van der Waals surface area contributed by atoms with Crippen molar-refractivity contribution in [2.75, 3.05) is 26.3 Å². The molecule has 0 spiro atoms. The Kier molecular flexibility index (Phi) is 3.30. The highest BCUT2D eigenvalue weighted by molar-refractivity contribution is 7.08. The van der Waals surface area contributed by atoms with Gasteiger partial charge in [0.05, 0.1) is 17.6 Å². The van der Waals surface area contributed by atoms with Gasteiger partial charge in [0, 0.05) is 31.0 Å². The molecule has 0 aromatic carbocycles. The first kappa shape index (κ1) is 13.6. The lowest BCUT2D eigenvalue weighted by Gasteiger charge is -2.33. The highest BCUT2D eigenvalue weighted by atomic mass is 32.1. The van der Waals surface area contributed by atoms with Gasteiger partial charge in [0.25, 0.3) is 5.91 Å². The second-order valence-electron chi connectivity index (χ2n) is 5.64. The number of hydrogen-bond acceptors (Lipinski definition) is 4. The molecule has 0 bridgehead atoms. The number of likely N-dealkylation sites (tertiary alicyclic amines) is 1. The van der Waals surface area contributed by atoms with Gasteiger partial charge in [-0.05, 0) is 24.3 Å². The molecule has 3 heterocycles. The number of carbonyl (C=O) groups excluding carboxylic acids is 1. The Hall–Kier alpha value is -1.40. The molecule has 0 saturated carbocycles. The Labute approximate surface area is 121 Å². The molecule has 1 amide bonds. The van der Waals surface area contributed by atoms with Crippen molar-refractivity contribution >= 4 is 23.2 Å². The van der Waals surface area contributed by atoms with Gasteiger partial charge < -0.3 is 14.7 Å². The van der Waals surface area contributed by atoms with Crippen molar-refractivity contribution < 1.29 is 19.4 Å². The number of carboxylic acid groups (broad SMARTS) is 1. The van der Waals surface area contributed by atoms with E-state index in [0.29, 0.717) is 38.3 Å². The number of carboxylic acids is 1. The van der Waals surface area contributed by atoms with Crippen LogP contribution in [0.1, 0.15) is 22.3 Å². The first-order valence-corrected chi connectivity index (χ1v) is 7.62. The molecule has 0 aliphatic carbocycles. The van der Waals surface area contributed by atoms with E-state index in [0.717, 1.165) is 5.56 Å². The molecule has 1 aromatic heterocycles. The first-order chi connectivity index (χ1) is 9.54. The van der Waals surface area contributed by atoms with E-state index < -0.39 is 11.4 Å². The van der Waals surface area contributed by atoms with Crippen LogP contribution in [-0.4, -0.2) is 48.2 Å². The molecule has 0 radical (unpaired) electrons. The fourth-order valence-corrected chi connectivity index (χ4v) is 4.03. The number of nitrogens with zero attached hydrogens (tertiary/aromatic N) is 1. The maximum Gasteiger partial charge on any atom is 0.311 e. The number of hydrogen-bond donors (Lipinski definition) is 1. The van der Waals surface area contributed by atoms with Gasteiger partial charge >= 0.3 is 5.97 Å². The largest absolute Gasteiger partial charge is 0.481 e. The molecule has 6 heteroatoms. The number of aliphatic carboxylic acids is 1. The summed E-state index contributed by atoms with van der Waals surface area (Å²) in [6.07, 6.45) is 0.486. The summed E-state index contributed by atoms with van der Waals surface area (Å²) in [6, 6.07) is 0. The Morgan fingerprint density at radius 2 is 2.30 bits per heavy atom. The highest BCUT2D eigenvalue weighted by Gasteiger charge is 2.55. The van der Waals surface area contributed by atoms with Gasteiger partial charge in [0.15, 0.2) is 0 Å². The number of carbonyl (C=O) groups is 2. The summed E-state index contributed by atoms with van der Waals surface area (Å²) in [5.74, 6) is -0.960. The van der Waals surface area contributed by atoms with Gasteiger partial charge in [-0.15, -0.1) is 0 Å². The Bertz CT molecular complexity index is 555. The zero-order chi connectivity index (χ0) is 14.3. The maximum atomic E-state index is 12.5. The Morgan fingerprint density at radius 3 is 2.90 bits per heavy atom. The van der Waals surface area contributed by atoms with Crippen LogP contribution in [0, 0.1) is 18.3 Å². The highest BCUT2D eigenvalue weighted by Crippen LogP contribution is 2.43. The average Bonchev–Trinajstić information content (AvgIpc) is 3.01. The number of aryl methyl sites for hydroxylation is 1. The molecular formula is C14H17NO4S. The van der Waals surface area contributed by atoms with E-state index in [-0.39, 0.29) is 11.8 Å². The van der Waals surface area contributed by atoms with E-state index in [2.05, 4.69) is 0 Å². The van der Waals surface area contributed by atoms with Crippen LogP contribution in [0.2, 0.25) is 0 Å². The summed E-state index contributed by atoms with van der Waals surface area (Å²) in [6.45, 7) is 3.56. The molecule has 2 atom stereocenters. The topological polar surface area (TPSA) is 66.8 Å². The number of fused-ring (bicyclic) bond motifs is 1. The average molecular weight is 295 g/mol. The molecule has 2 saturated heterocycles. The SMILES string of the molecule is Cc1cscc1C(=O)N1C[C@H]2COCC[C@@]2(C(=O)O)C1. The zero-order valence-corrected chi connectivity index (χ0v) is 12.1. The first-order valence-electron chi connectivity index (χ1n) is 6.68. The predicted octanol–water partition coefficient (Wildman–Crippen LogP) is 1.62. The smallest absolute Gasteiger partial charge is 0.311 e. The monoisotopic (exact) mass is 295 g/mol. The lowest BCUT2D eigenvalue weighted by molar-refractivity contribution is -0.157. The van der Waals surface area contributed by atoms with E-state index in [1.54, 1.807) is 4.90 Å². The number of rotatable bonds is 2. The summed E-state index contributed by atoms with van der Waals surface area (Å²) in [7, 11) is 0. The summed E-state index contributed by atoms with van der Waals surface area (Å²) >= 11 is 1.50. The number of ether oxygens (including phenoxy) is 1. The summed E-state index contributed by atoms with van der Waals surface area (Å²) in [5, 5.41) is 13.4. The minimum Gasteiger partial charge on any atom is -0.481 e. The van der Waals surface area contributed by atoms with Crippen molar-refractivity contribution in [1.82, 2.24) is 4.90 Å². The molecule has 2 fully saturated rings. The summed E-state index contributed by atoms with van der Waals surface area (Å²) in [5.41, 5.74) is 0.822. The second kappa shape index (κ2) is 4.86. The molecule has 2 aliphatic rings. The quantitative estimate of drug-likeness (QED) is 0.900. The molecule has 5 nitrogen and oxygen atoms in total. The van der Waals surface area contributed by atoms with E-state index in [9.17, 15) is 14.7 Å². The van der Waals surface area contributed by atoms with E-state index >= 15 is 0 Å². The van der Waals surface area contributed by atoms with E-state index in [1.165, 1.54) is 11.3 Å². The van der Waals surface area contributed by atoms with Crippen molar-refractivity contribution in [1.29, 1.82) is 0 Å². The minimum atomic E-state index is -0.822. The van der Waals surface area contributed by atoms with Crippen LogP contribution in [0.4, 0.5) is 0 Å². The fourth-order valence-electron chi connectivity index (χ4n) is 3.20. The second-order valence-corrected chi connectivity index (χ2v) is 6.38. The molecule has 3 rings (SSSR count). The van der Waals surface area contributed by atoms with Crippen molar-refractivity contribution in [3.63, 3.8) is 0 Å². The van der Waals surface area contributed by atoms with Gasteiger partial charge in [-0.2, -0.15) is 11.3 Å². The van der Waals surface area contributed by atoms with Crippen molar-refractivity contribution in [2.45, 2.75) is 13.3 Å². The molecule has 1 aromatic rings. The normalized spacial score (nSPS) is 29.2. The number of amides is 1. The van der Waals surface area contributed by atoms with Crippen LogP contribution in [-0.2, 0) is 9.53 Å². The lowest BCUT2D eigenvalue weighted by atomic mass is 9.74. The molecule has 2 aliphatic heterocycles. The molecule has 108 valence electrons. The molecular weight excluding hydrogens is 278 g/mol. The number of thiophene rings is 1. The van der Waals surface area contributed by atoms with Crippen LogP contribution in [0.3, 0.4) is 0 Å². The predicted molar refractivity (Wildman–Crippen MR) is 74.0 cm³/mol. The molecule has 20 heavy (non-hydrogen) atoms. The third-order valence-corrected chi connectivity index (χ3v) is 5.37. The van der Waals surface area contributed by atoms with Crippen LogP contribution in [0.5, 0.6) is 0 Å². The van der Waals surface area contributed by atoms with Crippen molar-refractivity contribution in [3.05, 3.63) is 21.9 Å². The summed E-state index contributed by atoms with van der Waals surface area (Å²) < 4.78 is 5.40. The van der Waals surface area contributed by atoms with Gasteiger partial charge in [-0.1, -0.05) is 0 Å². The van der Waals surface area contributed by atoms with Gasteiger partial charge in [-0.3, -0.25) is 9.59 Å². The van der Waals surface area contributed by atoms with Gasteiger partial charge in [0.2, 0.25) is 0 Å². The Balaban J connectivity index is 1.86. The standard InChI is InChI=1S/C14H17NO4S/c1-9-6-20-7-11(9)12(16)15-4-10-5-19-3-2-14(10,8-15)13(17)18/h6-7,10H,2-5,8H2,1H3,(H,17,18)/t10-,14+/m0/s1. The molecule has 0 unspecified atom stereocenters. The van der Waals surface area contributed by atoms with Gasteiger partial charge in [-0.25, -0.2) is 0 Å². The van der Waals surface area contributed by atoms with Crippen molar-refractivity contribution in [3.8, 4) is 0 Å². The minimum absolute atomic E-state index is 0.0567. The zero-order valence-electron chi connectivity index (χ0n) is 11.3. The lowest BCUT2D eigenvalue weighted by Crippen LogP contribution is -2.45. The van der Waals surface area contributed by atoms with E-state index in [1.807, 2.05) is 17.7 Å². The van der Waals surface area contributed by atoms with Gasteiger partial charge in [0.1, 0.15) is 0 Å². The Morgan fingerprint density at radius 1 is 1.50 bits per heavy atom. The molecule has 1 N–H and O–H groups in total. The maximum absolute atomic E-state index is 12.5. The van der Waals surface area contributed by atoms with E-state index in [4.69, 9.17) is 4.74 Å².